The standard InChI is InChI=1S/C26H30N2O3.C11H15NO/c1-2-3-4-5-6-17-31-24-14-12-21(13-15-24)23-18-27-26(28-19-23)22-10-7-20(8-11-22)9-16-25(29)30;1-11(2,3)9-6-4-8(5-7-9)10(12)13/h7-8,10-15,18-19H,2-6,9,16-17H2,1H3,(H,29,30);4-7H,1-3H3,(H2,12,13). The summed E-state index contributed by atoms with van der Waals surface area (Å²) >= 11 is 0. The molecule has 0 unspecified atom stereocenters. The van der Waals surface area contributed by atoms with E-state index in [9.17, 15) is 9.59 Å². The third-order valence-corrected chi connectivity index (χ3v) is 7.23. The fourth-order valence-corrected chi connectivity index (χ4v) is 4.47. The first kappa shape index (κ1) is 34.0. The van der Waals surface area contributed by atoms with Crippen LogP contribution in [0.3, 0.4) is 0 Å². The van der Waals surface area contributed by atoms with Crippen LogP contribution < -0.4 is 10.5 Å². The summed E-state index contributed by atoms with van der Waals surface area (Å²) in [6, 6.07) is 23.2. The minimum absolute atomic E-state index is 0.121. The summed E-state index contributed by atoms with van der Waals surface area (Å²) in [7, 11) is 0. The zero-order valence-corrected chi connectivity index (χ0v) is 26.4. The lowest BCUT2D eigenvalue weighted by molar-refractivity contribution is -0.136. The molecular weight excluding hydrogens is 550 g/mol. The van der Waals surface area contributed by atoms with Crippen LogP contribution in [0.5, 0.6) is 5.75 Å². The highest BCUT2D eigenvalue weighted by molar-refractivity contribution is 5.92. The van der Waals surface area contributed by atoms with E-state index in [0.717, 1.165) is 41.0 Å². The average molecular weight is 596 g/mol. The number of carboxylic acid groups (broad SMARTS) is 1. The van der Waals surface area contributed by atoms with Gasteiger partial charge in [-0.05, 0) is 59.2 Å². The molecule has 232 valence electrons. The van der Waals surface area contributed by atoms with Crippen molar-refractivity contribution in [3.63, 3.8) is 0 Å². The molecule has 0 aliphatic heterocycles. The highest BCUT2D eigenvalue weighted by atomic mass is 16.5. The number of primary amides is 1. The molecule has 4 rings (SSSR count). The zero-order valence-electron chi connectivity index (χ0n) is 26.4. The van der Waals surface area contributed by atoms with Gasteiger partial charge in [0.2, 0.25) is 5.91 Å². The van der Waals surface area contributed by atoms with E-state index in [1.807, 2.05) is 73.1 Å². The van der Waals surface area contributed by atoms with Crippen LogP contribution in [-0.4, -0.2) is 33.6 Å². The summed E-state index contributed by atoms with van der Waals surface area (Å²) in [5.41, 5.74) is 10.9. The number of rotatable bonds is 13. The van der Waals surface area contributed by atoms with Crippen LogP contribution in [0, 0.1) is 0 Å². The van der Waals surface area contributed by atoms with Gasteiger partial charge >= 0.3 is 5.97 Å². The largest absolute Gasteiger partial charge is 0.494 e. The molecule has 7 heteroatoms. The topological polar surface area (TPSA) is 115 Å². The van der Waals surface area contributed by atoms with Crippen LogP contribution in [0.25, 0.3) is 22.5 Å². The molecule has 0 spiro atoms. The number of aliphatic carboxylic acids is 1. The Morgan fingerprint density at radius 1 is 0.773 bits per heavy atom. The molecule has 0 saturated heterocycles. The zero-order chi connectivity index (χ0) is 32.0. The van der Waals surface area contributed by atoms with Gasteiger partial charge in [-0.15, -0.1) is 0 Å². The van der Waals surface area contributed by atoms with E-state index in [0.29, 0.717) is 17.8 Å². The number of amides is 1. The maximum Gasteiger partial charge on any atom is 0.303 e. The van der Waals surface area contributed by atoms with Crippen molar-refractivity contribution in [2.45, 2.75) is 78.1 Å². The summed E-state index contributed by atoms with van der Waals surface area (Å²) in [6.07, 6.45) is 10.5. The Kier molecular flexibility index (Phi) is 13.1. The van der Waals surface area contributed by atoms with Crippen molar-refractivity contribution in [3.8, 4) is 28.3 Å². The van der Waals surface area contributed by atoms with Gasteiger partial charge < -0.3 is 15.6 Å². The number of aryl methyl sites for hydroxylation is 1. The fourth-order valence-electron chi connectivity index (χ4n) is 4.47. The molecule has 0 bridgehead atoms. The number of benzene rings is 3. The quantitative estimate of drug-likeness (QED) is 0.150. The summed E-state index contributed by atoms with van der Waals surface area (Å²) < 4.78 is 5.83. The van der Waals surface area contributed by atoms with Gasteiger partial charge in [0.25, 0.3) is 0 Å². The Balaban J connectivity index is 0.000000340. The lowest BCUT2D eigenvalue weighted by atomic mass is 9.87. The van der Waals surface area contributed by atoms with Gasteiger partial charge in [-0.2, -0.15) is 0 Å². The van der Waals surface area contributed by atoms with E-state index >= 15 is 0 Å². The van der Waals surface area contributed by atoms with E-state index in [1.54, 1.807) is 12.1 Å². The van der Waals surface area contributed by atoms with Crippen LogP contribution in [0.4, 0.5) is 0 Å². The van der Waals surface area contributed by atoms with Crippen molar-refractivity contribution >= 4 is 11.9 Å². The number of carboxylic acids is 1. The van der Waals surface area contributed by atoms with Crippen molar-refractivity contribution in [1.29, 1.82) is 0 Å². The van der Waals surface area contributed by atoms with Gasteiger partial charge in [-0.1, -0.05) is 102 Å². The Labute approximate surface area is 261 Å². The fraction of sp³-hybridized carbons (Fsp3) is 0.351. The van der Waals surface area contributed by atoms with Crippen molar-refractivity contribution in [3.05, 3.63) is 102 Å². The highest BCUT2D eigenvalue weighted by Gasteiger charge is 2.13. The van der Waals surface area contributed by atoms with E-state index in [1.165, 1.54) is 31.2 Å². The predicted octanol–water partition coefficient (Wildman–Crippen LogP) is 8.26. The van der Waals surface area contributed by atoms with Crippen molar-refractivity contribution in [2.24, 2.45) is 5.73 Å². The maximum absolute atomic E-state index is 10.8. The number of nitrogens with two attached hydrogens (primary N) is 1. The average Bonchev–Trinajstić information content (AvgIpc) is 3.02. The van der Waals surface area contributed by atoms with E-state index in [4.69, 9.17) is 15.6 Å². The van der Waals surface area contributed by atoms with Gasteiger partial charge in [0.05, 0.1) is 6.61 Å². The van der Waals surface area contributed by atoms with E-state index in [-0.39, 0.29) is 17.7 Å². The lowest BCUT2D eigenvalue weighted by Crippen LogP contribution is -2.13. The summed E-state index contributed by atoms with van der Waals surface area (Å²) in [5.74, 6) is 0.377. The molecule has 3 N–H and O–H groups in total. The Morgan fingerprint density at radius 3 is 1.91 bits per heavy atom. The van der Waals surface area contributed by atoms with Crippen LogP contribution in [0.1, 0.15) is 87.7 Å². The minimum Gasteiger partial charge on any atom is -0.494 e. The number of hydrogen-bond acceptors (Lipinski definition) is 5. The molecule has 1 amide bonds. The number of ether oxygens (including phenoxy) is 1. The first-order valence-corrected chi connectivity index (χ1v) is 15.3. The van der Waals surface area contributed by atoms with E-state index < -0.39 is 5.97 Å². The van der Waals surface area contributed by atoms with Gasteiger partial charge in [0, 0.05) is 35.5 Å². The molecule has 7 nitrogen and oxygen atoms in total. The highest BCUT2D eigenvalue weighted by Crippen LogP contribution is 2.24. The molecule has 0 saturated carbocycles. The summed E-state index contributed by atoms with van der Waals surface area (Å²) in [6.45, 7) is 9.38. The van der Waals surface area contributed by atoms with E-state index in [2.05, 4.69) is 37.7 Å². The minimum atomic E-state index is -0.787. The molecule has 0 aliphatic rings. The Bertz CT molecular complexity index is 1440. The smallest absolute Gasteiger partial charge is 0.303 e. The third-order valence-electron chi connectivity index (χ3n) is 7.23. The predicted molar refractivity (Wildman–Crippen MR) is 177 cm³/mol. The molecule has 4 aromatic rings. The first-order chi connectivity index (χ1) is 21.1. The molecule has 0 fully saturated rings. The number of hydrogen-bond donors (Lipinski definition) is 2. The second-order valence-corrected chi connectivity index (χ2v) is 11.9. The monoisotopic (exact) mass is 595 g/mol. The molecule has 0 aliphatic carbocycles. The number of aromatic nitrogens is 2. The van der Waals surface area contributed by atoms with Crippen molar-refractivity contribution < 1.29 is 19.4 Å². The molecule has 0 radical (unpaired) electrons. The van der Waals surface area contributed by atoms with Crippen LogP contribution >= 0.6 is 0 Å². The number of nitrogens with zero attached hydrogens (tertiary/aromatic N) is 2. The molecule has 44 heavy (non-hydrogen) atoms. The van der Waals surface area contributed by atoms with Crippen LogP contribution in [0.15, 0.2) is 85.2 Å². The second-order valence-electron chi connectivity index (χ2n) is 11.9. The summed E-state index contributed by atoms with van der Waals surface area (Å²) in [4.78, 5) is 30.5. The van der Waals surface area contributed by atoms with Crippen LogP contribution in [0.2, 0.25) is 0 Å². The molecular formula is C37H45N3O4. The normalized spacial score (nSPS) is 10.9. The molecule has 3 aromatic carbocycles. The Hall–Kier alpha value is -4.52. The first-order valence-electron chi connectivity index (χ1n) is 15.3. The van der Waals surface area contributed by atoms with Crippen LogP contribution in [-0.2, 0) is 16.6 Å². The third kappa shape index (κ3) is 11.3. The number of carbonyl (C=O) groups is 2. The maximum atomic E-state index is 10.8. The molecule has 1 aromatic heterocycles. The van der Waals surface area contributed by atoms with Gasteiger partial charge in [-0.25, -0.2) is 9.97 Å². The van der Waals surface area contributed by atoms with Gasteiger partial charge in [-0.3, -0.25) is 9.59 Å². The summed E-state index contributed by atoms with van der Waals surface area (Å²) in [5, 5.41) is 8.79. The lowest BCUT2D eigenvalue weighted by Gasteiger charge is -2.18. The SMILES string of the molecule is CC(C)(C)c1ccc(C(N)=O)cc1.CCCCCCCOc1ccc(-c2cnc(-c3ccc(CCC(=O)O)cc3)nc2)cc1. The van der Waals surface area contributed by atoms with Crippen molar-refractivity contribution in [1.82, 2.24) is 9.97 Å². The molecule has 0 atom stereocenters. The molecule has 1 heterocycles. The van der Waals surface area contributed by atoms with Gasteiger partial charge in [0.15, 0.2) is 5.82 Å². The van der Waals surface area contributed by atoms with Crippen molar-refractivity contribution in [2.75, 3.05) is 6.61 Å². The van der Waals surface area contributed by atoms with Gasteiger partial charge in [0.1, 0.15) is 5.75 Å². The second kappa shape index (κ2) is 16.9. The number of unbranched alkanes of at least 4 members (excludes halogenated alkanes) is 4. The number of carbonyl (C=O) groups excluding carboxylic acids is 1. The Morgan fingerprint density at radius 2 is 1.36 bits per heavy atom.